The average molecular weight is 424 g/mol. The lowest BCUT2D eigenvalue weighted by Crippen LogP contribution is -3.00. The van der Waals surface area contributed by atoms with Gasteiger partial charge in [0.15, 0.2) is 0 Å². The molecule has 0 saturated heterocycles. The van der Waals surface area contributed by atoms with E-state index in [1.165, 1.54) is 0 Å². The summed E-state index contributed by atoms with van der Waals surface area (Å²) in [6.07, 6.45) is 0. The lowest BCUT2D eigenvalue weighted by atomic mass is 9.94. The van der Waals surface area contributed by atoms with Gasteiger partial charge in [-0.25, -0.2) is 13.1 Å². The molecule has 2 rings (SSSR count). The van der Waals surface area contributed by atoms with Gasteiger partial charge in [0.25, 0.3) is 0 Å². The van der Waals surface area contributed by atoms with Crippen molar-refractivity contribution in [2.45, 2.75) is 31.7 Å². The Hall–Kier alpha value is -0.180. The Morgan fingerprint density at radius 1 is 1.24 bits per heavy atom. The summed E-state index contributed by atoms with van der Waals surface area (Å²) in [4.78, 5) is 0.444. The minimum Gasteiger partial charge on any atom is -1.00 e. The van der Waals surface area contributed by atoms with E-state index in [1.54, 1.807) is 12.1 Å². The lowest BCUT2D eigenvalue weighted by Gasteiger charge is -2.36. The maximum Gasteiger partial charge on any atom is 0.241 e. The molecule has 2 unspecified atom stereocenters. The molecule has 1 aromatic rings. The van der Waals surface area contributed by atoms with E-state index < -0.39 is 10.0 Å². The van der Waals surface area contributed by atoms with Crippen molar-refractivity contribution >= 4 is 10.0 Å². The summed E-state index contributed by atoms with van der Waals surface area (Å²) in [7, 11) is -1.10. The van der Waals surface area contributed by atoms with Gasteiger partial charge in [-0.15, -0.1) is 0 Å². The van der Waals surface area contributed by atoms with E-state index in [9.17, 15) is 8.42 Å². The molecule has 1 N–H and O–H groups in total. The first-order valence-electron chi connectivity index (χ1n) is 7.28. The number of nitrogens with zero attached hydrogens (tertiary/aromatic N) is 1. The van der Waals surface area contributed by atoms with E-state index in [1.807, 2.05) is 12.1 Å². The largest absolute Gasteiger partial charge is 1.00 e. The molecule has 1 aliphatic heterocycles. The molecule has 1 aliphatic rings. The molecule has 0 aliphatic carbocycles. The van der Waals surface area contributed by atoms with Crippen LogP contribution in [0.3, 0.4) is 0 Å². The van der Waals surface area contributed by atoms with Crippen LogP contribution in [0, 0.1) is 5.92 Å². The summed E-state index contributed by atoms with van der Waals surface area (Å²) in [5.41, 5.74) is 0.916. The second kappa shape index (κ2) is 6.93. The van der Waals surface area contributed by atoms with Crippen LogP contribution in [0.25, 0.3) is 0 Å². The van der Waals surface area contributed by atoms with Crippen molar-refractivity contribution in [3.63, 3.8) is 0 Å². The van der Waals surface area contributed by atoms with Gasteiger partial charge in [0.2, 0.25) is 10.0 Å². The van der Waals surface area contributed by atoms with Crippen LogP contribution in [-0.4, -0.2) is 39.6 Å². The van der Waals surface area contributed by atoms with Gasteiger partial charge in [0.05, 0.1) is 37.6 Å². The molecule has 1 heterocycles. The Balaban J connectivity index is 0.00000220. The highest BCUT2D eigenvalue weighted by atomic mass is 127. The van der Waals surface area contributed by atoms with E-state index >= 15 is 0 Å². The fourth-order valence-corrected chi connectivity index (χ4v) is 4.57. The summed E-state index contributed by atoms with van der Waals surface area (Å²) >= 11 is 0. The molecule has 6 heteroatoms. The van der Waals surface area contributed by atoms with Crippen LogP contribution in [0.2, 0.25) is 0 Å². The van der Waals surface area contributed by atoms with Crippen LogP contribution in [-0.2, 0) is 10.0 Å². The van der Waals surface area contributed by atoms with E-state index in [0.717, 1.165) is 29.7 Å². The van der Waals surface area contributed by atoms with Gasteiger partial charge in [-0.2, -0.15) is 0 Å². The molecule has 2 atom stereocenters. The molecule has 0 bridgehead atoms. The SMILES string of the molecule is CC[N+](C)(CC)CC(C)C1NS(=O)(=O)c2ccccc21.[I-]. The monoisotopic (exact) mass is 424 g/mol. The molecule has 21 heavy (non-hydrogen) atoms. The third kappa shape index (κ3) is 3.78. The van der Waals surface area contributed by atoms with E-state index in [4.69, 9.17) is 0 Å². The van der Waals surface area contributed by atoms with E-state index in [0.29, 0.717) is 4.90 Å². The van der Waals surface area contributed by atoms with Crippen LogP contribution in [0.1, 0.15) is 32.4 Å². The summed E-state index contributed by atoms with van der Waals surface area (Å²) in [5.74, 6) is 0.262. The molecule has 0 aromatic heterocycles. The number of benzene rings is 1. The highest BCUT2D eigenvalue weighted by Crippen LogP contribution is 2.35. The summed E-state index contributed by atoms with van der Waals surface area (Å²) in [6.45, 7) is 9.58. The predicted molar refractivity (Wildman–Crippen MR) is 80.8 cm³/mol. The maximum atomic E-state index is 12.2. The average Bonchev–Trinajstić information content (AvgIpc) is 2.71. The maximum absolute atomic E-state index is 12.2. The van der Waals surface area contributed by atoms with Crippen molar-refractivity contribution in [2.75, 3.05) is 26.7 Å². The number of fused-ring (bicyclic) bond motifs is 1. The minimum atomic E-state index is -3.33. The molecule has 4 nitrogen and oxygen atoms in total. The Labute approximate surface area is 145 Å². The molecule has 0 amide bonds. The highest BCUT2D eigenvalue weighted by molar-refractivity contribution is 7.89. The normalized spacial score (nSPS) is 21.4. The molecule has 120 valence electrons. The topological polar surface area (TPSA) is 46.2 Å². The van der Waals surface area contributed by atoms with Gasteiger partial charge >= 0.3 is 0 Å². The first-order chi connectivity index (χ1) is 9.33. The van der Waals surface area contributed by atoms with Gasteiger partial charge in [-0.05, 0) is 25.5 Å². The van der Waals surface area contributed by atoms with Crippen molar-refractivity contribution in [3.05, 3.63) is 29.8 Å². The number of halogens is 1. The first-order valence-corrected chi connectivity index (χ1v) is 8.76. The Morgan fingerprint density at radius 2 is 1.81 bits per heavy atom. The van der Waals surface area contributed by atoms with Crippen LogP contribution in [0.4, 0.5) is 0 Å². The van der Waals surface area contributed by atoms with Crippen LogP contribution in [0.5, 0.6) is 0 Å². The minimum absolute atomic E-state index is 0. The number of sulfonamides is 1. The smallest absolute Gasteiger partial charge is 0.241 e. The lowest BCUT2D eigenvalue weighted by molar-refractivity contribution is -0.909. The zero-order valence-electron chi connectivity index (χ0n) is 13.1. The molecule has 1 aromatic carbocycles. The second-order valence-corrected chi connectivity index (χ2v) is 7.73. The molecular weight excluding hydrogens is 399 g/mol. The fourth-order valence-electron chi connectivity index (χ4n) is 2.98. The molecule has 0 fully saturated rings. The zero-order valence-corrected chi connectivity index (χ0v) is 16.1. The Morgan fingerprint density at radius 3 is 2.38 bits per heavy atom. The molecule has 0 radical (unpaired) electrons. The Bertz CT molecular complexity index is 585. The summed E-state index contributed by atoms with van der Waals surface area (Å²) in [5, 5.41) is 0. The van der Waals surface area contributed by atoms with E-state index in [-0.39, 0.29) is 35.9 Å². The van der Waals surface area contributed by atoms with Crippen molar-refractivity contribution in [3.8, 4) is 0 Å². The summed E-state index contributed by atoms with van der Waals surface area (Å²) < 4.78 is 28.1. The third-order valence-electron chi connectivity index (χ3n) is 4.65. The van der Waals surface area contributed by atoms with Crippen molar-refractivity contribution in [1.29, 1.82) is 0 Å². The van der Waals surface area contributed by atoms with Gasteiger partial charge in [-0.1, -0.05) is 25.1 Å². The number of quaternary nitrogens is 1. The van der Waals surface area contributed by atoms with Crippen LogP contribution >= 0.6 is 0 Å². The van der Waals surface area contributed by atoms with E-state index in [2.05, 4.69) is 32.5 Å². The van der Waals surface area contributed by atoms with Crippen molar-refractivity contribution in [2.24, 2.45) is 5.92 Å². The number of nitrogens with one attached hydrogen (secondary N) is 1. The highest BCUT2D eigenvalue weighted by Gasteiger charge is 2.38. The van der Waals surface area contributed by atoms with Crippen LogP contribution < -0.4 is 28.7 Å². The van der Waals surface area contributed by atoms with Crippen molar-refractivity contribution in [1.82, 2.24) is 4.72 Å². The molecule has 0 spiro atoms. The first kappa shape index (κ1) is 18.9. The zero-order chi connectivity index (χ0) is 15.0. The molecule has 0 saturated carbocycles. The fraction of sp³-hybridized carbons (Fsp3) is 0.600. The number of hydrogen-bond donors (Lipinski definition) is 1. The van der Waals surface area contributed by atoms with Gasteiger partial charge < -0.3 is 28.5 Å². The van der Waals surface area contributed by atoms with Gasteiger partial charge in [0, 0.05) is 5.92 Å². The quantitative estimate of drug-likeness (QED) is 0.495. The number of rotatable bonds is 5. The van der Waals surface area contributed by atoms with Crippen molar-refractivity contribution < 1.29 is 36.9 Å². The predicted octanol–water partition coefficient (Wildman–Crippen LogP) is -0.854. The third-order valence-corrected chi connectivity index (χ3v) is 6.17. The standard InChI is InChI=1S/C15H25N2O2S.HI/c1-5-17(4,6-2)11-12(3)15-13-9-7-8-10-14(13)20(18,19)16-15;/h7-10,12,15-16H,5-6,11H2,1-4H3;1H/q+1;/p-1. The number of hydrogen-bond acceptors (Lipinski definition) is 2. The summed E-state index contributed by atoms with van der Waals surface area (Å²) in [6, 6.07) is 7.21. The second-order valence-electron chi connectivity index (χ2n) is 6.05. The molecular formula is C15H25IN2O2S. The van der Waals surface area contributed by atoms with Crippen LogP contribution in [0.15, 0.2) is 29.2 Å². The van der Waals surface area contributed by atoms with Gasteiger partial charge in [-0.3, -0.25) is 0 Å². The van der Waals surface area contributed by atoms with Gasteiger partial charge in [0.1, 0.15) is 0 Å². The Kier molecular flexibility index (Phi) is 6.23.